The number of halogens is 1. The Morgan fingerprint density at radius 2 is 1.75 bits per heavy atom. The van der Waals surface area contributed by atoms with Crippen LogP contribution in [0.1, 0.15) is 22.2 Å². The molecule has 2 aromatic rings. The number of hydrogen-bond donors (Lipinski definition) is 0. The molecule has 0 radical (unpaired) electrons. The van der Waals surface area contributed by atoms with Crippen LogP contribution in [0.3, 0.4) is 0 Å². The smallest absolute Gasteiger partial charge is 0.277 e. The van der Waals surface area contributed by atoms with Gasteiger partial charge in [0.05, 0.1) is 32.4 Å². The van der Waals surface area contributed by atoms with Crippen LogP contribution in [-0.2, 0) is 6.54 Å². The number of nitrogens with zero attached hydrogens (tertiary/aromatic N) is 3. The fourth-order valence-corrected chi connectivity index (χ4v) is 3.17. The molecule has 126 valence electrons. The van der Waals surface area contributed by atoms with Crippen molar-refractivity contribution in [1.29, 1.82) is 0 Å². The van der Waals surface area contributed by atoms with Gasteiger partial charge >= 0.3 is 0 Å². The van der Waals surface area contributed by atoms with E-state index in [2.05, 4.69) is 0 Å². The zero-order valence-corrected chi connectivity index (χ0v) is 14.0. The van der Waals surface area contributed by atoms with Gasteiger partial charge in [0.2, 0.25) is 0 Å². The summed E-state index contributed by atoms with van der Waals surface area (Å²) in [5.41, 5.74) is -1.09. The topological polar surface area (TPSA) is 107 Å². The molecule has 0 spiro atoms. The molecule has 0 aliphatic heterocycles. The van der Waals surface area contributed by atoms with Gasteiger partial charge in [-0.05, 0) is 19.1 Å². The Bertz CT molecular complexity index is 775. The molecule has 1 aromatic heterocycles. The number of nitro benzene ring substituents is 2. The van der Waals surface area contributed by atoms with Gasteiger partial charge in [-0.15, -0.1) is 11.3 Å². The summed E-state index contributed by atoms with van der Waals surface area (Å²) < 4.78 is 0.583. The van der Waals surface area contributed by atoms with E-state index < -0.39 is 27.1 Å². The maximum atomic E-state index is 12.6. The summed E-state index contributed by atoms with van der Waals surface area (Å²) in [5.74, 6) is -0.520. The third-order valence-electron chi connectivity index (χ3n) is 3.22. The molecule has 24 heavy (non-hydrogen) atoms. The predicted octanol–water partition coefficient (Wildman–Crippen LogP) is 3.88. The Balaban J connectivity index is 2.35. The van der Waals surface area contributed by atoms with E-state index >= 15 is 0 Å². The predicted molar refractivity (Wildman–Crippen MR) is 89.5 cm³/mol. The second-order valence-electron chi connectivity index (χ2n) is 4.78. The minimum absolute atomic E-state index is 0.0968. The highest BCUT2D eigenvalue weighted by Crippen LogP contribution is 2.26. The van der Waals surface area contributed by atoms with Gasteiger partial charge in [-0.1, -0.05) is 11.6 Å². The van der Waals surface area contributed by atoms with E-state index in [1.165, 1.54) is 16.2 Å². The summed E-state index contributed by atoms with van der Waals surface area (Å²) in [6.07, 6.45) is 0. The highest BCUT2D eigenvalue weighted by Gasteiger charge is 2.23. The molecule has 0 saturated heterocycles. The summed E-state index contributed by atoms with van der Waals surface area (Å²) >= 11 is 7.18. The van der Waals surface area contributed by atoms with Crippen molar-refractivity contribution in [2.75, 3.05) is 6.54 Å². The van der Waals surface area contributed by atoms with Crippen LogP contribution in [0.15, 0.2) is 30.3 Å². The van der Waals surface area contributed by atoms with E-state index in [0.29, 0.717) is 10.9 Å². The third kappa shape index (κ3) is 4.06. The number of amides is 1. The average molecular weight is 370 g/mol. The monoisotopic (exact) mass is 369 g/mol. The number of hydrogen-bond acceptors (Lipinski definition) is 6. The molecular formula is C14H12ClN3O5S. The number of benzene rings is 1. The summed E-state index contributed by atoms with van der Waals surface area (Å²) in [6, 6.07) is 6.39. The Hall–Kier alpha value is -2.52. The molecule has 0 aliphatic rings. The third-order valence-corrected chi connectivity index (χ3v) is 4.43. The molecule has 0 fully saturated rings. The quantitative estimate of drug-likeness (QED) is 0.567. The number of carbonyl (C=O) groups is 1. The first-order valence-corrected chi connectivity index (χ1v) is 7.98. The van der Waals surface area contributed by atoms with E-state index in [0.717, 1.165) is 23.1 Å². The molecular weight excluding hydrogens is 358 g/mol. The van der Waals surface area contributed by atoms with Gasteiger partial charge in [0.15, 0.2) is 0 Å². The first-order chi connectivity index (χ1) is 11.3. The summed E-state index contributed by atoms with van der Waals surface area (Å²) in [6.45, 7) is 2.35. The van der Waals surface area contributed by atoms with Crippen LogP contribution in [0.2, 0.25) is 4.34 Å². The summed E-state index contributed by atoms with van der Waals surface area (Å²) in [5, 5.41) is 21.9. The summed E-state index contributed by atoms with van der Waals surface area (Å²) in [4.78, 5) is 35.2. The van der Waals surface area contributed by atoms with Crippen molar-refractivity contribution in [3.05, 3.63) is 65.3 Å². The van der Waals surface area contributed by atoms with E-state index in [4.69, 9.17) is 11.6 Å². The minimum Gasteiger partial charge on any atom is -0.334 e. The van der Waals surface area contributed by atoms with Crippen LogP contribution in [0.25, 0.3) is 0 Å². The molecule has 0 saturated carbocycles. The van der Waals surface area contributed by atoms with Crippen molar-refractivity contribution in [1.82, 2.24) is 4.90 Å². The molecule has 0 atom stereocenters. The maximum absolute atomic E-state index is 12.6. The van der Waals surface area contributed by atoms with Gasteiger partial charge in [-0.25, -0.2) is 0 Å². The van der Waals surface area contributed by atoms with Gasteiger partial charge < -0.3 is 4.90 Å². The van der Waals surface area contributed by atoms with E-state index in [9.17, 15) is 25.0 Å². The fourth-order valence-electron chi connectivity index (χ4n) is 2.06. The van der Waals surface area contributed by atoms with Gasteiger partial charge in [0.25, 0.3) is 17.3 Å². The largest absolute Gasteiger partial charge is 0.334 e. The number of rotatable bonds is 6. The minimum atomic E-state index is -0.765. The van der Waals surface area contributed by atoms with Crippen molar-refractivity contribution in [2.24, 2.45) is 0 Å². The van der Waals surface area contributed by atoms with Crippen LogP contribution in [0.5, 0.6) is 0 Å². The standard InChI is InChI=1S/C14H12ClN3O5S/c1-2-16(8-12-3-4-13(15)24-12)14(19)9-5-10(17(20)21)7-11(6-9)18(22)23/h3-7H,2,8H2,1H3. The van der Waals surface area contributed by atoms with Crippen LogP contribution in [-0.4, -0.2) is 27.2 Å². The SMILES string of the molecule is CCN(Cc1ccc(Cl)s1)C(=O)c1cc([N+](=O)[O-])cc([N+](=O)[O-])c1. The molecule has 1 amide bonds. The van der Waals surface area contributed by atoms with Crippen molar-refractivity contribution in [2.45, 2.75) is 13.5 Å². The fraction of sp³-hybridized carbons (Fsp3) is 0.214. The molecule has 0 N–H and O–H groups in total. The molecule has 10 heteroatoms. The van der Waals surface area contributed by atoms with Gasteiger partial charge in [-0.3, -0.25) is 25.0 Å². The molecule has 0 aliphatic carbocycles. The zero-order valence-electron chi connectivity index (χ0n) is 12.5. The van der Waals surface area contributed by atoms with E-state index in [1.807, 2.05) is 0 Å². The first-order valence-electron chi connectivity index (χ1n) is 6.79. The van der Waals surface area contributed by atoms with Crippen LogP contribution in [0, 0.1) is 20.2 Å². The molecule has 2 rings (SSSR count). The second-order valence-corrected chi connectivity index (χ2v) is 6.58. The molecule has 0 unspecified atom stereocenters. The van der Waals surface area contributed by atoms with Crippen molar-refractivity contribution >= 4 is 40.2 Å². The Labute approximate surface area is 145 Å². The lowest BCUT2D eigenvalue weighted by Gasteiger charge is -2.20. The summed E-state index contributed by atoms with van der Waals surface area (Å²) in [7, 11) is 0. The molecule has 1 heterocycles. The normalized spacial score (nSPS) is 10.4. The number of carbonyl (C=O) groups excluding carboxylic acids is 1. The molecule has 8 nitrogen and oxygen atoms in total. The lowest BCUT2D eigenvalue weighted by molar-refractivity contribution is -0.394. The van der Waals surface area contributed by atoms with Crippen LogP contribution in [0.4, 0.5) is 11.4 Å². The highest BCUT2D eigenvalue weighted by molar-refractivity contribution is 7.16. The molecule has 0 bridgehead atoms. The van der Waals surface area contributed by atoms with E-state index in [1.54, 1.807) is 19.1 Å². The van der Waals surface area contributed by atoms with Crippen molar-refractivity contribution < 1.29 is 14.6 Å². The average Bonchev–Trinajstić information content (AvgIpc) is 2.96. The number of thiophene rings is 1. The van der Waals surface area contributed by atoms with Crippen molar-refractivity contribution in [3.8, 4) is 0 Å². The lowest BCUT2D eigenvalue weighted by atomic mass is 10.1. The lowest BCUT2D eigenvalue weighted by Crippen LogP contribution is -2.30. The Morgan fingerprint density at radius 3 is 2.17 bits per heavy atom. The van der Waals surface area contributed by atoms with Crippen molar-refractivity contribution in [3.63, 3.8) is 0 Å². The maximum Gasteiger partial charge on any atom is 0.277 e. The Morgan fingerprint density at radius 1 is 1.17 bits per heavy atom. The number of nitro groups is 2. The Kier molecular flexibility index (Phi) is 5.47. The van der Waals surface area contributed by atoms with E-state index in [-0.39, 0.29) is 12.1 Å². The van der Waals surface area contributed by atoms with Gasteiger partial charge in [-0.2, -0.15) is 0 Å². The molecule has 1 aromatic carbocycles. The zero-order chi connectivity index (χ0) is 17.9. The second kappa shape index (κ2) is 7.37. The van der Waals surface area contributed by atoms with Gasteiger partial charge in [0.1, 0.15) is 0 Å². The number of non-ortho nitro benzene ring substituents is 2. The van der Waals surface area contributed by atoms with Gasteiger partial charge in [0, 0.05) is 23.6 Å². The van der Waals surface area contributed by atoms with Crippen LogP contribution >= 0.6 is 22.9 Å². The highest BCUT2D eigenvalue weighted by atomic mass is 35.5. The van der Waals surface area contributed by atoms with Crippen LogP contribution < -0.4 is 0 Å². The first kappa shape index (κ1) is 17.8.